The largest absolute Gasteiger partial charge is 0.481 e. The summed E-state index contributed by atoms with van der Waals surface area (Å²) in [5.74, 6) is 4.99. The molecule has 1 aliphatic heterocycles. The van der Waals surface area contributed by atoms with Gasteiger partial charge in [0.2, 0.25) is 5.76 Å². The number of anilines is 1. The minimum atomic E-state index is -1.04. The molecule has 1 fully saturated rings. The number of amides is 1. The standard InChI is InChI=1S/C25H22N4O6S2/c1-14-5-3-4-6-16(14)15(2)34-24(32)27-17-13-26-35-18(17)7-8-19-28-20-21(36-19)29-22(37-20)25(23(30)31)9-11-33-12-10-25/h3-6,13,15H,9-12H2,1-2H3,(H,27,32)(H,30,31). The summed E-state index contributed by atoms with van der Waals surface area (Å²) in [6.07, 6.45) is 0.996. The molecule has 4 heterocycles. The van der Waals surface area contributed by atoms with Crippen molar-refractivity contribution < 1.29 is 28.7 Å². The zero-order chi connectivity index (χ0) is 26.0. The van der Waals surface area contributed by atoms with E-state index in [1.165, 1.54) is 28.9 Å². The third-order valence-corrected chi connectivity index (χ3v) is 8.29. The molecule has 1 aliphatic rings. The van der Waals surface area contributed by atoms with Crippen molar-refractivity contribution in [2.45, 2.75) is 38.2 Å². The van der Waals surface area contributed by atoms with Gasteiger partial charge in [-0.15, -0.1) is 0 Å². The van der Waals surface area contributed by atoms with E-state index in [9.17, 15) is 14.7 Å². The number of aromatic nitrogens is 3. The number of carbonyl (C=O) groups is 2. The van der Waals surface area contributed by atoms with E-state index in [1.54, 1.807) is 6.92 Å². The number of carboxylic acid groups (broad SMARTS) is 1. The van der Waals surface area contributed by atoms with Crippen molar-refractivity contribution in [3.8, 4) is 11.8 Å². The second-order valence-electron chi connectivity index (χ2n) is 8.50. The average molecular weight is 539 g/mol. The number of ether oxygens (including phenoxy) is 2. The molecular formula is C25H22N4O6S2. The number of thiazole rings is 2. The number of aliphatic carboxylic acids is 1. The van der Waals surface area contributed by atoms with E-state index in [0.717, 1.165) is 11.1 Å². The van der Waals surface area contributed by atoms with Gasteiger partial charge in [-0.1, -0.05) is 52.1 Å². The summed E-state index contributed by atoms with van der Waals surface area (Å²) in [7, 11) is 0. The normalized spacial score (nSPS) is 15.5. The molecule has 5 rings (SSSR count). The molecule has 0 spiro atoms. The van der Waals surface area contributed by atoms with Crippen molar-refractivity contribution >= 4 is 50.1 Å². The first kappa shape index (κ1) is 24.9. The van der Waals surface area contributed by atoms with Crippen LogP contribution in [0.3, 0.4) is 0 Å². The highest BCUT2D eigenvalue weighted by Gasteiger charge is 2.45. The fourth-order valence-electron chi connectivity index (χ4n) is 4.07. The second-order valence-corrected chi connectivity index (χ2v) is 10.5. The highest BCUT2D eigenvalue weighted by atomic mass is 32.1. The topological polar surface area (TPSA) is 137 Å². The van der Waals surface area contributed by atoms with Gasteiger partial charge >= 0.3 is 12.1 Å². The van der Waals surface area contributed by atoms with Gasteiger partial charge in [-0.05, 0) is 49.7 Å². The van der Waals surface area contributed by atoms with Crippen LogP contribution < -0.4 is 5.32 Å². The number of aryl methyl sites for hydroxylation is 1. The molecule has 0 aliphatic carbocycles. The summed E-state index contributed by atoms with van der Waals surface area (Å²) in [5, 5.41) is 17.2. The number of nitrogens with one attached hydrogen (secondary N) is 1. The number of carbonyl (C=O) groups excluding carboxylic acids is 1. The number of hydrogen-bond acceptors (Lipinski definition) is 10. The Hall–Kier alpha value is -3.79. The number of benzene rings is 1. The lowest BCUT2D eigenvalue weighted by Crippen LogP contribution is -2.41. The molecule has 3 aromatic heterocycles. The van der Waals surface area contributed by atoms with E-state index >= 15 is 0 Å². The molecule has 0 saturated carbocycles. The Labute approximate surface area is 219 Å². The van der Waals surface area contributed by atoms with Gasteiger partial charge in [-0.3, -0.25) is 10.1 Å². The van der Waals surface area contributed by atoms with E-state index in [0.29, 0.717) is 45.7 Å². The van der Waals surface area contributed by atoms with E-state index in [1.807, 2.05) is 31.2 Å². The minimum Gasteiger partial charge on any atom is -0.481 e. The second kappa shape index (κ2) is 10.3. The third-order valence-electron chi connectivity index (χ3n) is 6.14. The van der Waals surface area contributed by atoms with Crippen molar-refractivity contribution in [3.05, 3.63) is 57.4 Å². The molecule has 1 aromatic carbocycles. The number of nitrogens with zero attached hydrogens (tertiary/aromatic N) is 3. The fourth-order valence-corrected chi connectivity index (χ4v) is 6.21. The van der Waals surface area contributed by atoms with Crippen molar-refractivity contribution in [1.29, 1.82) is 0 Å². The maximum Gasteiger partial charge on any atom is 0.412 e. The average Bonchev–Trinajstić information content (AvgIpc) is 3.58. The lowest BCUT2D eigenvalue weighted by molar-refractivity contribution is -0.147. The Bertz CT molecular complexity index is 1490. The summed E-state index contributed by atoms with van der Waals surface area (Å²) in [4.78, 5) is 34.8. The summed E-state index contributed by atoms with van der Waals surface area (Å²) >= 11 is 2.52. The van der Waals surface area contributed by atoms with Crippen molar-refractivity contribution in [2.24, 2.45) is 0 Å². The van der Waals surface area contributed by atoms with Crippen molar-refractivity contribution in [3.63, 3.8) is 0 Å². The lowest BCUT2D eigenvalue weighted by Gasteiger charge is -2.30. The third kappa shape index (κ3) is 5.06. The Morgan fingerprint density at radius 3 is 2.65 bits per heavy atom. The monoisotopic (exact) mass is 538 g/mol. The van der Waals surface area contributed by atoms with Gasteiger partial charge in [0.25, 0.3) is 0 Å². The summed E-state index contributed by atoms with van der Waals surface area (Å²) in [6.45, 7) is 4.52. The van der Waals surface area contributed by atoms with E-state index < -0.39 is 23.6 Å². The summed E-state index contributed by atoms with van der Waals surface area (Å²) in [6, 6.07) is 7.68. The highest BCUT2D eigenvalue weighted by Crippen LogP contribution is 2.40. The lowest BCUT2D eigenvalue weighted by atomic mass is 9.81. The fraction of sp³-hybridized carbons (Fsp3) is 0.320. The molecule has 10 nitrogen and oxygen atoms in total. The first-order chi connectivity index (χ1) is 17.9. The Morgan fingerprint density at radius 1 is 1.16 bits per heavy atom. The zero-order valence-corrected chi connectivity index (χ0v) is 21.6. The molecule has 37 heavy (non-hydrogen) atoms. The van der Waals surface area contributed by atoms with Gasteiger partial charge in [-0.2, -0.15) is 0 Å². The first-order valence-electron chi connectivity index (χ1n) is 11.4. The maximum atomic E-state index is 12.4. The number of carboxylic acids is 1. The molecule has 0 bridgehead atoms. The van der Waals surface area contributed by atoms with Crippen LogP contribution >= 0.6 is 22.7 Å². The van der Waals surface area contributed by atoms with Crippen LogP contribution in [0.1, 0.15) is 52.8 Å². The van der Waals surface area contributed by atoms with Crippen LogP contribution in [0, 0.1) is 18.8 Å². The van der Waals surface area contributed by atoms with Crippen LogP contribution in [0.15, 0.2) is 35.0 Å². The van der Waals surface area contributed by atoms with Crippen LogP contribution in [0.4, 0.5) is 10.5 Å². The number of rotatable bonds is 5. The Kier molecular flexibility index (Phi) is 6.92. The van der Waals surface area contributed by atoms with Crippen LogP contribution in [0.2, 0.25) is 0 Å². The number of hydrogen-bond donors (Lipinski definition) is 2. The predicted octanol–water partition coefficient (Wildman–Crippen LogP) is 4.89. The van der Waals surface area contributed by atoms with Crippen LogP contribution in [0.5, 0.6) is 0 Å². The summed E-state index contributed by atoms with van der Waals surface area (Å²) in [5.41, 5.74) is 1.17. The molecule has 2 N–H and O–H groups in total. The Morgan fingerprint density at radius 2 is 1.92 bits per heavy atom. The molecule has 1 amide bonds. The molecule has 1 unspecified atom stereocenters. The van der Waals surface area contributed by atoms with Crippen molar-refractivity contribution in [2.75, 3.05) is 18.5 Å². The van der Waals surface area contributed by atoms with Crippen LogP contribution in [-0.2, 0) is 19.7 Å². The highest BCUT2D eigenvalue weighted by molar-refractivity contribution is 7.26. The van der Waals surface area contributed by atoms with E-state index in [-0.39, 0.29) is 11.4 Å². The molecule has 190 valence electrons. The molecule has 1 saturated heterocycles. The molecule has 4 aromatic rings. The van der Waals surface area contributed by atoms with Gasteiger partial charge in [-0.25, -0.2) is 14.8 Å². The first-order valence-corrected chi connectivity index (χ1v) is 13.1. The van der Waals surface area contributed by atoms with Crippen molar-refractivity contribution in [1.82, 2.24) is 15.1 Å². The van der Waals surface area contributed by atoms with Gasteiger partial charge in [0.15, 0.2) is 14.7 Å². The van der Waals surface area contributed by atoms with Gasteiger partial charge in [0.05, 0.1) is 6.20 Å². The SMILES string of the molecule is Cc1ccccc1C(C)OC(=O)Nc1cnoc1C#Cc1nc2sc(C3(C(=O)O)CCOCC3)nc2s1. The van der Waals surface area contributed by atoms with Crippen LogP contribution in [0.25, 0.3) is 9.66 Å². The zero-order valence-electron chi connectivity index (χ0n) is 19.9. The summed E-state index contributed by atoms with van der Waals surface area (Å²) < 4.78 is 16.0. The van der Waals surface area contributed by atoms with E-state index in [2.05, 4.69) is 32.3 Å². The molecule has 0 radical (unpaired) electrons. The predicted molar refractivity (Wildman–Crippen MR) is 137 cm³/mol. The van der Waals surface area contributed by atoms with Gasteiger partial charge in [0.1, 0.15) is 22.2 Å². The van der Waals surface area contributed by atoms with Crippen LogP contribution in [-0.4, -0.2) is 45.5 Å². The van der Waals surface area contributed by atoms with E-state index in [4.69, 9.17) is 14.0 Å². The number of fused-ring (bicyclic) bond motifs is 1. The van der Waals surface area contributed by atoms with Gasteiger partial charge in [0, 0.05) is 13.2 Å². The minimum absolute atomic E-state index is 0.153. The molecule has 1 atom stereocenters. The Balaban J connectivity index is 1.28. The molecule has 12 heteroatoms. The van der Waals surface area contributed by atoms with Gasteiger partial charge < -0.3 is 19.1 Å². The quantitative estimate of drug-likeness (QED) is 0.340. The molecular weight excluding hydrogens is 516 g/mol. The maximum absolute atomic E-state index is 12.4. The smallest absolute Gasteiger partial charge is 0.412 e.